The second-order valence-corrected chi connectivity index (χ2v) is 3.30. The minimum Gasteiger partial charge on any atom is -0.428 e. The Morgan fingerprint density at radius 2 is 2.12 bits per heavy atom. The van der Waals surface area contributed by atoms with Crippen LogP contribution < -0.4 is 5.73 Å². The predicted octanol–water partition coefficient (Wildman–Crippen LogP) is 2.63. The van der Waals surface area contributed by atoms with Crippen molar-refractivity contribution in [2.45, 2.75) is 25.9 Å². The van der Waals surface area contributed by atoms with Crippen LogP contribution in [0.1, 0.15) is 31.4 Å². The summed E-state index contributed by atoms with van der Waals surface area (Å²) in [5, 5.41) is 0. The fourth-order valence-electron chi connectivity index (χ4n) is 1.21. The van der Waals surface area contributed by atoms with Gasteiger partial charge in [-0.1, -0.05) is 49.1 Å². The van der Waals surface area contributed by atoms with Gasteiger partial charge in [0.05, 0.1) is 0 Å². The lowest BCUT2D eigenvalue weighted by atomic mass is 10.1. The minimum absolute atomic E-state index is 0.565. The highest BCUT2D eigenvalue weighted by molar-refractivity contribution is 5.65. The zero-order valence-corrected chi connectivity index (χ0v) is 9.27. The van der Waals surface area contributed by atoms with Crippen molar-refractivity contribution in [1.82, 2.24) is 0 Å². The van der Waals surface area contributed by atoms with Gasteiger partial charge in [0, 0.05) is 12.0 Å². The number of rotatable bonds is 3. The van der Waals surface area contributed by atoms with E-state index in [-0.39, 0.29) is 0 Å². The van der Waals surface area contributed by atoms with Gasteiger partial charge in [0.25, 0.3) is 0 Å². The molecule has 0 aromatic heterocycles. The first-order valence-corrected chi connectivity index (χ1v) is 5.23. The summed E-state index contributed by atoms with van der Waals surface area (Å²) in [6.45, 7) is 2.04. The van der Waals surface area contributed by atoms with E-state index in [0.717, 1.165) is 18.4 Å². The number of amides is 1. The number of nitrogens with two attached hydrogens (primary N) is 1. The summed E-state index contributed by atoms with van der Waals surface area (Å²) >= 11 is 0. The molecule has 1 aromatic carbocycles. The van der Waals surface area contributed by atoms with Crippen molar-refractivity contribution >= 4 is 6.09 Å². The third-order valence-electron chi connectivity index (χ3n) is 1.94. The molecule has 1 atom stereocenters. The number of hydrogen-bond acceptors (Lipinski definition) is 2. The van der Waals surface area contributed by atoms with Crippen LogP contribution in [0.2, 0.25) is 0 Å². The standard InChI is InChI=1S/C13H15NO2/c1-2-3-5-10-12(16-13(14)15)11-8-6-4-7-9-11/h4,6-9,12H,2-3H2,1H3,(H2,14,15). The highest BCUT2D eigenvalue weighted by Gasteiger charge is 2.10. The molecular weight excluding hydrogens is 202 g/mol. The fraction of sp³-hybridized carbons (Fsp3) is 0.308. The topological polar surface area (TPSA) is 52.3 Å². The summed E-state index contributed by atoms with van der Waals surface area (Å²) in [6.07, 6.45) is 0.390. The van der Waals surface area contributed by atoms with E-state index in [1.54, 1.807) is 0 Å². The SMILES string of the molecule is CCCC#CC(OC(N)=O)c1ccccc1. The number of primary amides is 1. The van der Waals surface area contributed by atoms with Gasteiger partial charge < -0.3 is 10.5 Å². The summed E-state index contributed by atoms with van der Waals surface area (Å²) < 4.78 is 4.95. The van der Waals surface area contributed by atoms with Gasteiger partial charge in [-0.25, -0.2) is 4.79 Å². The zero-order valence-electron chi connectivity index (χ0n) is 9.27. The third-order valence-corrected chi connectivity index (χ3v) is 1.94. The summed E-state index contributed by atoms with van der Waals surface area (Å²) in [7, 11) is 0. The van der Waals surface area contributed by atoms with Gasteiger partial charge in [-0.3, -0.25) is 0 Å². The maximum absolute atomic E-state index is 10.7. The molecule has 0 spiro atoms. The van der Waals surface area contributed by atoms with Crippen LogP contribution in [0, 0.1) is 11.8 Å². The lowest BCUT2D eigenvalue weighted by molar-refractivity contribution is 0.134. The van der Waals surface area contributed by atoms with E-state index < -0.39 is 12.2 Å². The Morgan fingerprint density at radius 3 is 2.69 bits per heavy atom. The first-order valence-electron chi connectivity index (χ1n) is 5.23. The van der Waals surface area contributed by atoms with Crippen LogP contribution in [0.5, 0.6) is 0 Å². The monoisotopic (exact) mass is 217 g/mol. The molecule has 1 aromatic rings. The Morgan fingerprint density at radius 1 is 1.44 bits per heavy atom. The average Bonchev–Trinajstić information content (AvgIpc) is 2.29. The van der Waals surface area contributed by atoms with Crippen LogP contribution in [0.15, 0.2) is 30.3 Å². The number of ether oxygens (including phenoxy) is 1. The lowest BCUT2D eigenvalue weighted by Gasteiger charge is -2.10. The molecule has 2 N–H and O–H groups in total. The first kappa shape index (κ1) is 12.1. The quantitative estimate of drug-likeness (QED) is 0.791. The fourth-order valence-corrected chi connectivity index (χ4v) is 1.21. The first-order chi connectivity index (χ1) is 7.74. The van der Waals surface area contributed by atoms with Crippen molar-refractivity contribution in [3.63, 3.8) is 0 Å². The van der Waals surface area contributed by atoms with Crippen molar-refractivity contribution in [1.29, 1.82) is 0 Å². The Bertz CT molecular complexity index is 389. The van der Waals surface area contributed by atoms with Gasteiger partial charge in [-0.2, -0.15) is 0 Å². The van der Waals surface area contributed by atoms with Crippen LogP contribution >= 0.6 is 0 Å². The molecule has 0 radical (unpaired) electrons. The normalized spacial score (nSPS) is 11.1. The summed E-state index contributed by atoms with van der Waals surface area (Å²) in [6, 6.07) is 9.34. The molecule has 0 saturated heterocycles. The van der Waals surface area contributed by atoms with Crippen LogP contribution in [-0.2, 0) is 4.74 Å². The van der Waals surface area contributed by atoms with Crippen LogP contribution in [0.4, 0.5) is 4.79 Å². The molecule has 0 fully saturated rings. The van der Waals surface area contributed by atoms with Gasteiger partial charge in [0.1, 0.15) is 0 Å². The van der Waals surface area contributed by atoms with E-state index in [4.69, 9.17) is 10.5 Å². The summed E-state index contributed by atoms with van der Waals surface area (Å²) in [5.41, 5.74) is 5.84. The molecule has 3 heteroatoms. The predicted molar refractivity (Wildman–Crippen MR) is 62.5 cm³/mol. The Hall–Kier alpha value is -1.95. The Kier molecular flexibility index (Phi) is 4.94. The second-order valence-electron chi connectivity index (χ2n) is 3.30. The lowest BCUT2D eigenvalue weighted by Crippen LogP contribution is -2.16. The molecular formula is C13H15NO2. The van der Waals surface area contributed by atoms with E-state index in [1.807, 2.05) is 37.3 Å². The van der Waals surface area contributed by atoms with Crippen molar-refractivity contribution < 1.29 is 9.53 Å². The second kappa shape index (κ2) is 6.52. The van der Waals surface area contributed by atoms with E-state index >= 15 is 0 Å². The molecule has 1 unspecified atom stereocenters. The average molecular weight is 217 g/mol. The Labute approximate surface area is 95.6 Å². The van der Waals surface area contributed by atoms with E-state index in [9.17, 15) is 4.79 Å². The van der Waals surface area contributed by atoms with Crippen molar-refractivity contribution in [2.75, 3.05) is 0 Å². The van der Waals surface area contributed by atoms with Gasteiger partial charge in [-0.05, 0) is 6.42 Å². The molecule has 3 nitrogen and oxygen atoms in total. The minimum atomic E-state index is -0.806. The van der Waals surface area contributed by atoms with Crippen molar-refractivity contribution in [3.05, 3.63) is 35.9 Å². The van der Waals surface area contributed by atoms with Crippen LogP contribution in [0.25, 0.3) is 0 Å². The molecule has 0 bridgehead atoms. The van der Waals surface area contributed by atoms with Gasteiger partial charge in [0.2, 0.25) is 0 Å². The number of benzene rings is 1. The smallest absolute Gasteiger partial charge is 0.406 e. The molecule has 1 amide bonds. The summed E-state index contributed by atoms with van der Waals surface area (Å²) in [5.74, 6) is 5.85. The zero-order chi connectivity index (χ0) is 11.8. The molecule has 0 aliphatic rings. The van der Waals surface area contributed by atoms with Gasteiger partial charge >= 0.3 is 6.09 Å². The maximum Gasteiger partial charge on any atom is 0.406 e. The molecule has 84 valence electrons. The van der Waals surface area contributed by atoms with Crippen molar-refractivity contribution in [3.8, 4) is 11.8 Å². The van der Waals surface area contributed by atoms with Crippen LogP contribution in [-0.4, -0.2) is 6.09 Å². The molecule has 16 heavy (non-hydrogen) atoms. The summed E-state index contributed by atoms with van der Waals surface area (Å²) in [4.78, 5) is 10.7. The molecule has 0 aliphatic carbocycles. The highest BCUT2D eigenvalue weighted by atomic mass is 16.6. The molecule has 0 aliphatic heterocycles. The Balaban J connectivity index is 2.80. The molecule has 0 saturated carbocycles. The molecule has 0 heterocycles. The maximum atomic E-state index is 10.7. The van der Waals surface area contributed by atoms with E-state index in [1.165, 1.54) is 0 Å². The third kappa shape index (κ3) is 4.05. The van der Waals surface area contributed by atoms with E-state index in [2.05, 4.69) is 11.8 Å². The largest absolute Gasteiger partial charge is 0.428 e. The van der Waals surface area contributed by atoms with Crippen LogP contribution in [0.3, 0.4) is 0 Å². The van der Waals surface area contributed by atoms with Crippen molar-refractivity contribution in [2.24, 2.45) is 5.73 Å². The van der Waals surface area contributed by atoms with Gasteiger partial charge in [0.15, 0.2) is 6.10 Å². The number of carbonyl (C=O) groups excluding carboxylic acids is 1. The van der Waals surface area contributed by atoms with E-state index in [0.29, 0.717) is 0 Å². The molecule has 1 rings (SSSR count). The van der Waals surface area contributed by atoms with Gasteiger partial charge in [-0.15, -0.1) is 0 Å². The number of hydrogen-bond donors (Lipinski definition) is 1. The number of carbonyl (C=O) groups is 1. The highest BCUT2D eigenvalue weighted by Crippen LogP contribution is 2.15. The number of unbranched alkanes of at least 4 members (excludes halogenated alkanes) is 1.